The number of benzene rings is 1. The van der Waals surface area contributed by atoms with Crippen LogP contribution in [0.25, 0.3) is 10.9 Å². The first-order chi connectivity index (χ1) is 13.2. The van der Waals surface area contributed by atoms with Crippen LogP contribution in [-0.4, -0.2) is 33.6 Å². The van der Waals surface area contributed by atoms with Crippen LogP contribution in [0.1, 0.15) is 34.9 Å². The summed E-state index contributed by atoms with van der Waals surface area (Å²) in [6, 6.07) is 6.37. The van der Waals surface area contributed by atoms with E-state index in [2.05, 4.69) is 43.5 Å². The van der Waals surface area contributed by atoms with E-state index in [9.17, 15) is 5.26 Å². The number of thiazole rings is 1. The number of hydrogen-bond acceptors (Lipinski definition) is 7. The summed E-state index contributed by atoms with van der Waals surface area (Å²) >= 11 is 5.20. The Morgan fingerprint density at radius 2 is 2.33 bits per heavy atom. The lowest BCUT2D eigenvalue weighted by molar-refractivity contribution is 0.343. The molecule has 27 heavy (non-hydrogen) atoms. The standard InChI is InChI=1S/C19H21N5S3/c1-12-5-6-15(18-17(12)14(8-20)9-21-18)23-27-16-10-22-19(26-16)13-4-3-7-24(11-13)25-2/h5-6,9-10,13,21,23H,3-4,7,11H2,1-2H3. The molecule has 5 nitrogen and oxygen atoms in total. The van der Waals surface area contributed by atoms with E-state index in [1.165, 1.54) is 24.4 Å². The summed E-state index contributed by atoms with van der Waals surface area (Å²) in [4.78, 5) is 7.92. The van der Waals surface area contributed by atoms with Crippen molar-refractivity contribution in [3.05, 3.63) is 40.7 Å². The molecule has 0 amide bonds. The third-order valence-corrected chi connectivity index (χ3v) is 7.85. The quantitative estimate of drug-likeness (QED) is 0.545. The van der Waals surface area contributed by atoms with Crippen molar-refractivity contribution in [1.82, 2.24) is 14.3 Å². The molecule has 3 aromatic rings. The second-order valence-corrected chi connectivity index (χ2v) is 9.68. The first-order valence-corrected chi connectivity index (χ1v) is 11.7. The maximum Gasteiger partial charge on any atom is 0.101 e. The maximum atomic E-state index is 9.30. The van der Waals surface area contributed by atoms with Crippen LogP contribution in [0.4, 0.5) is 5.69 Å². The van der Waals surface area contributed by atoms with Crippen LogP contribution in [0.2, 0.25) is 0 Å². The predicted molar refractivity (Wildman–Crippen MR) is 116 cm³/mol. The van der Waals surface area contributed by atoms with Crippen molar-refractivity contribution in [3.63, 3.8) is 0 Å². The van der Waals surface area contributed by atoms with Gasteiger partial charge in [-0.15, -0.1) is 11.3 Å². The lowest BCUT2D eigenvalue weighted by atomic mass is 10.0. The highest BCUT2D eigenvalue weighted by Crippen LogP contribution is 2.36. The number of nitriles is 1. The fourth-order valence-corrected chi connectivity index (χ4v) is 5.97. The molecule has 2 aromatic heterocycles. The maximum absolute atomic E-state index is 9.30. The van der Waals surface area contributed by atoms with Gasteiger partial charge in [-0.2, -0.15) is 5.26 Å². The fraction of sp³-hybridized carbons (Fsp3) is 0.368. The molecule has 140 valence electrons. The molecule has 2 N–H and O–H groups in total. The van der Waals surface area contributed by atoms with Crippen molar-refractivity contribution in [2.45, 2.75) is 29.9 Å². The van der Waals surface area contributed by atoms with Crippen LogP contribution in [0.5, 0.6) is 0 Å². The number of piperidine rings is 1. The molecule has 1 saturated heterocycles. The van der Waals surface area contributed by atoms with E-state index >= 15 is 0 Å². The highest BCUT2D eigenvalue weighted by Gasteiger charge is 2.23. The minimum atomic E-state index is 0.540. The summed E-state index contributed by atoms with van der Waals surface area (Å²) in [6.45, 7) is 4.30. The molecule has 0 radical (unpaired) electrons. The van der Waals surface area contributed by atoms with Gasteiger partial charge in [0.2, 0.25) is 0 Å². The van der Waals surface area contributed by atoms with Crippen molar-refractivity contribution in [2.75, 3.05) is 24.1 Å². The number of fused-ring (bicyclic) bond motifs is 1. The number of nitrogens with zero attached hydrogens (tertiary/aromatic N) is 3. The monoisotopic (exact) mass is 415 g/mol. The van der Waals surface area contributed by atoms with E-state index < -0.39 is 0 Å². The van der Waals surface area contributed by atoms with E-state index in [0.29, 0.717) is 11.5 Å². The van der Waals surface area contributed by atoms with Crippen molar-refractivity contribution in [2.24, 2.45) is 0 Å². The number of rotatable bonds is 5. The van der Waals surface area contributed by atoms with Crippen LogP contribution >= 0.6 is 35.2 Å². The predicted octanol–water partition coefficient (Wildman–Crippen LogP) is 5.38. The number of nitrogens with one attached hydrogen (secondary N) is 2. The van der Waals surface area contributed by atoms with E-state index in [0.717, 1.165) is 32.9 Å². The van der Waals surface area contributed by atoms with Gasteiger partial charge in [-0.25, -0.2) is 4.98 Å². The first kappa shape index (κ1) is 18.7. The molecule has 1 aliphatic rings. The zero-order valence-corrected chi connectivity index (χ0v) is 17.7. The molecular formula is C19H21N5S3. The Labute approximate surface area is 171 Å². The molecule has 4 rings (SSSR count). The van der Waals surface area contributed by atoms with Crippen LogP contribution in [0, 0.1) is 18.3 Å². The number of hydrogen-bond donors (Lipinski definition) is 2. The second-order valence-electron chi connectivity index (χ2n) is 6.63. The topological polar surface area (TPSA) is 67.7 Å². The Morgan fingerprint density at radius 1 is 1.44 bits per heavy atom. The Kier molecular flexibility index (Phi) is 5.64. The highest BCUT2D eigenvalue weighted by molar-refractivity contribution is 8.02. The lowest BCUT2D eigenvalue weighted by Crippen LogP contribution is -2.28. The first-order valence-electron chi connectivity index (χ1n) is 8.88. The SMILES string of the molecule is CSN1CCCC(c2ncc(SNc3ccc(C)c4c(C#N)c[nH]c34)s2)C1. The summed E-state index contributed by atoms with van der Waals surface area (Å²) < 4.78 is 7.03. The summed E-state index contributed by atoms with van der Waals surface area (Å²) in [5.41, 5.74) is 3.76. The zero-order valence-electron chi connectivity index (χ0n) is 15.3. The average molecular weight is 416 g/mol. The Morgan fingerprint density at radius 3 is 3.15 bits per heavy atom. The summed E-state index contributed by atoms with van der Waals surface area (Å²) in [5, 5.41) is 11.5. The van der Waals surface area contributed by atoms with Crippen molar-refractivity contribution in [3.8, 4) is 6.07 Å². The lowest BCUT2D eigenvalue weighted by Gasteiger charge is -2.29. The van der Waals surface area contributed by atoms with Crippen molar-refractivity contribution in [1.29, 1.82) is 5.26 Å². The van der Waals surface area contributed by atoms with Gasteiger partial charge in [0.25, 0.3) is 0 Å². The fourth-order valence-electron chi connectivity index (χ4n) is 3.52. The van der Waals surface area contributed by atoms with Gasteiger partial charge in [0.05, 0.1) is 28.0 Å². The zero-order chi connectivity index (χ0) is 18.8. The Balaban J connectivity index is 1.48. The van der Waals surface area contributed by atoms with E-state index in [-0.39, 0.29) is 0 Å². The molecule has 0 saturated carbocycles. The smallest absolute Gasteiger partial charge is 0.101 e. The molecular weight excluding hydrogens is 394 g/mol. The molecule has 3 heterocycles. The summed E-state index contributed by atoms with van der Waals surface area (Å²) in [5.74, 6) is 0.540. The van der Waals surface area contributed by atoms with E-state index in [1.807, 2.05) is 25.1 Å². The minimum absolute atomic E-state index is 0.540. The van der Waals surface area contributed by atoms with E-state index in [1.54, 1.807) is 29.5 Å². The Hall–Kier alpha value is -1.66. The molecule has 8 heteroatoms. The van der Waals surface area contributed by atoms with Crippen molar-refractivity contribution >= 4 is 51.8 Å². The largest absolute Gasteiger partial charge is 0.358 e. The van der Waals surface area contributed by atoms with E-state index in [4.69, 9.17) is 0 Å². The van der Waals surface area contributed by atoms with Gasteiger partial charge in [-0.3, -0.25) is 4.31 Å². The third-order valence-electron chi connectivity index (χ3n) is 4.92. The summed E-state index contributed by atoms with van der Waals surface area (Å²) in [7, 11) is 0. The van der Waals surface area contributed by atoms with Gasteiger partial charge in [0.15, 0.2) is 0 Å². The normalized spacial score (nSPS) is 17.9. The van der Waals surface area contributed by atoms with Crippen LogP contribution < -0.4 is 4.72 Å². The second kappa shape index (κ2) is 8.15. The Bertz CT molecular complexity index is 987. The van der Waals surface area contributed by atoms with Gasteiger partial charge >= 0.3 is 0 Å². The molecule has 1 atom stereocenters. The average Bonchev–Trinajstić information content (AvgIpc) is 3.35. The van der Waals surface area contributed by atoms with Gasteiger partial charge in [-0.1, -0.05) is 18.0 Å². The highest BCUT2D eigenvalue weighted by atomic mass is 32.2. The number of anilines is 1. The molecule has 0 spiro atoms. The minimum Gasteiger partial charge on any atom is -0.358 e. The van der Waals surface area contributed by atoms with Crippen LogP contribution in [0.15, 0.2) is 28.7 Å². The summed E-state index contributed by atoms with van der Waals surface area (Å²) in [6.07, 6.45) is 8.35. The molecule has 1 unspecified atom stereocenters. The molecule has 1 fully saturated rings. The number of aryl methyl sites for hydroxylation is 1. The number of aromatic nitrogens is 2. The van der Waals surface area contributed by atoms with Gasteiger partial charge in [-0.05, 0) is 49.6 Å². The molecule has 0 bridgehead atoms. The van der Waals surface area contributed by atoms with Gasteiger partial charge < -0.3 is 9.71 Å². The van der Waals surface area contributed by atoms with Crippen LogP contribution in [-0.2, 0) is 0 Å². The van der Waals surface area contributed by atoms with Crippen LogP contribution in [0.3, 0.4) is 0 Å². The van der Waals surface area contributed by atoms with Gasteiger partial charge in [0, 0.05) is 30.6 Å². The van der Waals surface area contributed by atoms with Gasteiger partial charge in [0.1, 0.15) is 10.3 Å². The third kappa shape index (κ3) is 3.83. The molecule has 0 aliphatic carbocycles. The molecule has 1 aromatic carbocycles. The molecule has 1 aliphatic heterocycles. The number of aromatic amines is 1. The van der Waals surface area contributed by atoms with Crippen molar-refractivity contribution < 1.29 is 0 Å². The number of H-pyrrole nitrogens is 1.